The summed E-state index contributed by atoms with van der Waals surface area (Å²) < 4.78 is 0. The third kappa shape index (κ3) is 3.06. The molecule has 7 heteroatoms. The fourth-order valence-corrected chi connectivity index (χ4v) is 3.70. The molecule has 7 nitrogen and oxygen atoms in total. The van der Waals surface area contributed by atoms with Crippen molar-refractivity contribution in [3.63, 3.8) is 0 Å². The summed E-state index contributed by atoms with van der Waals surface area (Å²) in [5.74, 6) is 1.42. The van der Waals surface area contributed by atoms with Crippen LogP contribution in [0.1, 0.15) is 5.69 Å². The molecule has 0 radical (unpaired) electrons. The van der Waals surface area contributed by atoms with Crippen LogP contribution >= 0.6 is 0 Å². The Kier molecular flexibility index (Phi) is 3.94. The van der Waals surface area contributed by atoms with Gasteiger partial charge in [-0.15, -0.1) is 0 Å². The Hall–Kier alpha value is -3.87. The number of aromatic nitrogens is 5. The molecule has 0 atom stereocenters. The molecule has 144 valence electrons. The number of rotatable bonds is 4. The molecule has 0 aliphatic carbocycles. The Morgan fingerprint density at radius 3 is 2.76 bits per heavy atom. The second kappa shape index (κ2) is 6.63. The maximum Gasteiger partial charge on any atom is 0.161 e. The van der Waals surface area contributed by atoms with Gasteiger partial charge in [-0.25, -0.2) is 9.97 Å². The van der Waals surface area contributed by atoms with Crippen LogP contribution in [0.4, 0.5) is 17.2 Å². The lowest BCUT2D eigenvalue weighted by atomic mass is 10.1. The predicted molar refractivity (Wildman–Crippen MR) is 118 cm³/mol. The number of nitrogens with zero attached hydrogens (tertiary/aromatic N) is 4. The fourth-order valence-electron chi connectivity index (χ4n) is 3.70. The fraction of sp³-hybridized carbons (Fsp3) is 0.136. The van der Waals surface area contributed by atoms with Gasteiger partial charge in [-0.3, -0.25) is 5.10 Å². The maximum absolute atomic E-state index is 4.74. The highest BCUT2D eigenvalue weighted by Crippen LogP contribution is 2.34. The molecule has 0 amide bonds. The molecule has 0 bridgehead atoms. The molecule has 0 spiro atoms. The molecule has 0 aliphatic rings. The van der Waals surface area contributed by atoms with Crippen LogP contribution in [0, 0.1) is 6.92 Å². The molecule has 29 heavy (non-hydrogen) atoms. The molecular formula is C22H21N7. The summed E-state index contributed by atoms with van der Waals surface area (Å²) in [6.45, 7) is 2.06. The molecule has 5 rings (SSSR count). The summed E-state index contributed by atoms with van der Waals surface area (Å²) in [4.78, 5) is 14.7. The van der Waals surface area contributed by atoms with Crippen molar-refractivity contribution >= 4 is 39.0 Å². The highest BCUT2D eigenvalue weighted by atomic mass is 15.1. The van der Waals surface area contributed by atoms with Crippen molar-refractivity contribution in [3.8, 4) is 11.4 Å². The second-order valence-corrected chi connectivity index (χ2v) is 7.33. The van der Waals surface area contributed by atoms with Crippen molar-refractivity contribution in [2.45, 2.75) is 6.92 Å². The van der Waals surface area contributed by atoms with Crippen molar-refractivity contribution in [2.75, 3.05) is 24.3 Å². The first kappa shape index (κ1) is 17.2. The molecule has 5 aromatic rings. The van der Waals surface area contributed by atoms with E-state index in [-0.39, 0.29) is 0 Å². The van der Waals surface area contributed by atoms with Crippen molar-refractivity contribution in [2.24, 2.45) is 0 Å². The van der Waals surface area contributed by atoms with Crippen LogP contribution in [-0.4, -0.2) is 39.2 Å². The van der Waals surface area contributed by atoms with Crippen LogP contribution in [0.5, 0.6) is 0 Å². The topological polar surface area (TPSA) is 85.5 Å². The lowest BCUT2D eigenvalue weighted by molar-refractivity contribution is 1.12. The first-order valence-corrected chi connectivity index (χ1v) is 9.42. The van der Waals surface area contributed by atoms with E-state index in [9.17, 15) is 0 Å². The Balaban J connectivity index is 1.53. The highest BCUT2D eigenvalue weighted by Gasteiger charge is 2.13. The molecule has 3 N–H and O–H groups in total. The molecule has 0 saturated heterocycles. The summed E-state index contributed by atoms with van der Waals surface area (Å²) >= 11 is 0. The van der Waals surface area contributed by atoms with Crippen LogP contribution < -0.4 is 10.2 Å². The number of anilines is 3. The third-order valence-corrected chi connectivity index (χ3v) is 4.98. The molecule has 0 saturated carbocycles. The molecule has 3 heterocycles. The van der Waals surface area contributed by atoms with E-state index >= 15 is 0 Å². The number of aromatic amines is 2. The van der Waals surface area contributed by atoms with Crippen molar-refractivity contribution in [1.82, 2.24) is 25.1 Å². The molecule has 2 aromatic carbocycles. The molecule has 0 unspecified atom stereocenters. The van der Waals surface area contributed by atoms with Crippen molar-refractivity contribution in [1.29, 1.82) is 0 Å². The maximum atomic E-state index is 4.74. The summed E-state index contributed by atoms with van der Waals surface area (Å²) in [6, 6.07) is 14.3. The molecule has 0 aliphatic heterocycles. The van der Waals surface area contributed by atoms with Gasteiger partial charge in [0.15, 0.2) is 5.82 Å². The van der Waals surface area contributed by atoms with Gasteiger partial charge in [0.25, 0.3) is 0 Å². The standard InChI is InChI=1S/C22H21N7/c1-13-10-14-4-5-15(11-19(14)25-13)22-23-9-8-20(27-22)26-18-7-6-17-16(12-24-28-17)21(18)29(2)3/h4-12,25H,1-3H3,(H,24,28)(H,23,26,27). The minimum Gasteiger partial charge on any atom is -0.375 e. The summed E-state index contributed by atoms with van der Waals surface area (Å²) in [5, 5.41) is 12.9. The van der Waals surface area contributed by atoms with Gasteiger partial charge < -0.3 is 15.2 Å². The normalized spacial score (nSPS) is 11.3. The third-order valence-electron chi connectivity index (χ3n) is 4.98. The smallest absolute Gasteiger partial charge is 0.161 e. The molecular weight excluding hydrogens is 362 g/mol. The molecule has 3 aromatic heterocycles. The number of fused-ring (bicyclic) bond motifs is 2. The second-order valence-electron chi connectivity index (χ2n) is 7.33. The van der Waals surface area contributed by atoms with Crippen molar-refractivity contribution < 1.29 is 0 Å². The van der Waals surface area contributed by atoms with E-state index in [0.717, 1.165) is 44.9 Å². The van der Waals surface area contributed by atoms with Gasteiger partial charge in [0.05, 0.1) is 23.1 Å². The first-order chi connectivity index (χ1) is 14.1. The minimum absolute atomic E-state index is 0.681. The van der Waals surface area contributed by atoms with Gasteiger partial charge in [0.2, 0.25) is 0 Å². The Morgan fingerprint density at radius 1 is 1.00 bits per heavy atom. The van der Waals surface area contributed by atoms with E-state index in [1.807, 2.05) is 38.5 Å². The average Bonchev–Trinajstić information content (AvgIpc) is 3.32. The predicted octanol–water partition coefficient (Wildman–Crippen LogP) is 4.62. The van der Waals surface area contributed by atoms with E-state index in [4.69, 9.17) is 4.98 Å². The first-order valence-electron chi connectivity index (χ1n) is 9.42. The van der Waals surface area contributed by atoms with E-state index in [0.29, 0.717) is 5.82 Å². The number of hydrogen-bond acceptors (Lipinski definition) is 5. The number of nitrogens with one attached hydrogen (secondary N) is 3. The van der Waals surface area contributed by atoms with Gasteiger partial charge in [-0.1, -0.05) is 12.1 Å². The Bertz CT molecular complexity index is 1330. The zero-order valence-electron chi connectivity index (χ0n) is 16.5. The zero-order valence-corrected chi connectivity index (χ0v) is 16.5. The highest BCUT2D eigenvalue weighted by molar-refractivity contribution is 5.99. The number of hydrogen-bond donors (Lipinski definition) is 3. The average molecular weight is 383 g/mol. The molecule has 0 fully saturated rings. The number of H-pyrrole nitrogens is 2. The van der Waals surface area contributed by atoms with Crippen LogP contribution in [0.25, 0.3) is 33.2 Å². The zero-order chi connectivity index (χ0) is 20.0. The van der Waals surface area contributed by atoms with Gasteiger partial charge in [0.1, 0.15) is 5.82 Å². The SMILES string of the molecule is Cc1cc2ccc(-c3nccc(Nc4ccc5[nH]ncc5c4N(C)C)n3)cc2[nH]1. The number of aryl methyl sites for hydroxylation is 1. The van der Waals surface area contributed by atoms with Gasteiger partial charge in [-0.2, -0.15) is 5.10 Å². The van der Waals surface area contributed by atoms with Gasteiger partial charge in [0, 0.05) is 42.5 Å². The van der Waals surface area contributed by atoms with E-state index < -0.39 is 0 Å². The van der Waals surface area contributed by atoms with Crippen molar-refractivity contribution in [3.05, 3.63) is 60.6 Å². The minimum atomic E-state index is 0.681. The van der Waals surface area contributed by atoms with Gasteiger partial charge >= 0.3 is 0 Å². The Morgan fingerprint density at radius 2 is 1.90 bits per heavy atom. The number of benzene rings is 2. The Labute approximate surface area is 167 Å². The monoisotopic (exact) mass is 383 g/mol. The quantitative estimate of drug-likeness (QED) is 0.422. The lowest BCUT2D eigenvalue weighted by Crippen LogP contribution is -2.11. The van der Waals surface area contributed by atoms with Crippen LogP contribution in [0.3, 0.4) is 0 Å². The van der Waals surface area contributed by atoms with Gasteiger partial charge in [-0.05, 0) is 42.6 Å². The summed E-state index contributed by atoms with van der Waals surface area (Å²) in [5.41, 5.74) is 6.21. The van der Waals surface area contributed by atoms with E-state index in [1.54, 1.807) is 6.20 Å². The van der Waals surface area contributed by atoms with E-state index in [2.05, 4.69) is 61.6 Å². The van der Waals surface area contributed by atoms with E-state index in [1.165, 1.54) is 5.39 Å². The largest absolute Gasteiger partial charge is 0.375 e. The van der Waals surface area contributed by atoms with Crippen LogP contribution in [0.15, 0.2) is 54.9 Å². The van der Waals surface area contributed by atoms with Crippen LogP contribution in [-0.2, 0) is 0 Å². The lowest BCUT2D eigenvalue weighted by Gasteiger charge is -2.19. The summed E-state index contributed by atoms with van der Waals surface area (Å²) in [7, 11) is 4.04. The van der Waals surface area contributed by atoms with Crippen LogP contribution in [0.2, 0.25) is 0 Å². The summed E-state index contributed by atoms with van der Waals surface area (Å²) in [6.07, 6.45) is 3.62.